The lowest BCUT2D eigenvalue weighted by Crippen LogP contribution is -2.28. The SMILES string of the molecule is Clc1ccc(/C=C2\CCC[C@@H]3C2=NN(c2ccccc2)[C@H]3c2ccc(Cl)cc2Cl)c(Cl)c1. The van der Waals surface area contributed by atoms with Gasteiger partial charge < -0.3 is 0 Å². The molecule has 1 heterocycles. The summed E-state index contributed by atoms with van der Waals surface area (Å²) in [6.45, 7) is 0. The van der Waals surface area contributed by atoms with Crippen LogP contribution in [0.2, 0.25) is 20.1 Å². The highest BCUT2D eigenvalue weighted by Gasteiger charge is 2.42. The van der Waals surface area contributed by atoms with Crippen molar-refractivity contribution in [3.63, 3.8) is 0 Å². The summed E-state index contributed by atoms with van der Waals surface area (Å²) in [7, 11) is 0. The molecule has 0 spiro atoms. The molecule has 32 heavy (non-hydrogen) atoms. The molecule has 0 aromatic heterocycles. The van der Waals surface area contributed by atoms with Gasteiger partial charge in [0, 0.05) is 26.0 Å². The van der Waals surface area contributed by atoms with Gasteiger partial charge in [0.15, 0.2) is 0 Å². The number of para-hydroxylation sites is 1. The number of hydrogen-bond donors (Lipinski definition) is 0. The lowest BCUT2D eigenvalue weighted by Gasteiger charge is -2.31. The van der Waals surface area contributed by atoms with Gasteiger partial charge in [-0.1, -0.05) is 76.7 Å². The molecule has 3 aromatic rings. The van der Waals surface area contributed by atoms with Crippen molar-refractivity contribution in [1.82, 2.24) is 0 Å². The van der Waals surface area contributed by atoms with Crippen LogP contribution in [0.3, 0.4) is 0 Å². The van der Waals surface area contributed by atoms with E-state index in [1.54, 1.807) is 6.07 Å². The van der Waals surface area contributed by atoms with E-state index in [1.807, 2.05) is 48.5 Å². The van der Waals surface area contributed by atoms with Crippen molar-refractivity contribution in [2.75, 3.05) is 5.01 Å². The molecule has 2 atom stereocenters. The molecule has 3 aromatic carbocycles. The molecular weight excluding hydrogens is 482 g/mol. The monoisotopic (exact) mass is 500 g/mol. The van der Waals surface area contributed by atoms with Crippen LogP contribution in [-0.2, 0) is 0 Å². The predicted octanol–water partition coefficient (Wildman–Crippen LogP) is 9.10. The van der Waals surface area contributed by atoms with Crippen LogP contribution in [0.4, 0.5) is 5.69 Å². The van der Waals surface area contributed by atoms with Gasteiger partial charge in [0.2, 0.25) is 0 Å². The van der Waals surface area contributed by atoms with E-state index in [2.05, 4.69) is 23.2 Å². The Balaban J connectivity index is 1.62. The highest BCUT2D eigenvalue weighted by Crippen LogP contribution is 2.48. The molecule has 5 rings (SSSR count). The van der Waals surface area contributed by atoms with E-state index >= 15 is 0 Å². The number of halogens is 4. The lowest BCUT2D eigenvalue weighted by molar-refractivity contribution is 0.488. The van der Waals surface area contributed by atoms with E-state index in [9.17, 15) is 0 Å². The molecule has 0 unspecified atom stereocenters. The summed E-state index contributed by atoms with van der Waals surface area (Å²) in [5, 5.41) is 9.82. The number of nitrogens with zero attached hydrogens (tertiary/aromatic N) is 2. The van der Waals surface area contributed by atoms with Crippen molar-refractivity contribution in [3.8, 4) is 0 Å². The molecule has 2 nitrogen and oxygen atoms in total. The second kappa shape index (κ2) is 9.11. The van der Waals surface area contributed by atoms with Gasteiger partial charge >= 0.3 is 0 Å². The Bertz CT molecular complexity index is 1220. The fourth-order valence-corrected chi connectivity index (χ4v) is 5.63. The maximum absolute atomic E-state index is 6.69. The number of rotatable bonds is 3. The fraction of sp³-hybridized carbons (Fsp3) is 0.192. The minimum atomic E-state index is 0.00144. The average molecular weight is 502 g/mol. The van der Waals surface area contributed by atoms with Crippen molar-refractivity contribution in [1.29, 1.82) is 0 Å². The minimum absolute atomic E-state index is 0.00144. The maximum atomic E-state index is 6.69. The van der Waals surface area contributed by atoms with Gasteiger partial charge in [-0.15, -0.1) is 0 Å². The molecule has 0 saturated heterocycles. The first-order valence-corrected chi connectivity index (χ1v) is 12.1. The molecule has 0 radical (unpaired) electrons. The smallest absolute Gasteiger partial charge is 0.0874 e. The van der Waals surface area contributed by atoms with Gasteiger partial charge in [-0.2, -0.15) is 5.10 Å². The van der Waals surface area contributed by atoms with E-state index in [0.29, 0.717) is 20.1 Å². The predicted molar refractivity (Wildman–Crippen MR) is 137 cm³/mol. The Kier molecular flexibility index (Phi) is 6.22. The van der Waals surface area contributed by atoms with E-state index in [1.165, 1.54) is 5.57 Å². The summed E-state index contributed by atoms with van der Waals surface area (Å²) < 4.78 is 0. The summed E-state index contributed by atoms with van der Waals surface area (Å²) in [6, 6.07) is 21.6. The Morgan fingerprint density at radius 3 is 2.28 bits per heavy atom. The first-order chi connectivity index (χ1) is 15.5. The maximum Gasteiger partial charge on any atom is 0.0874 e. The largest absolute Gasteiger partial charge is 0.257 e. The zero-order valence-corrected chi connectivity index (χ0v) is 20.1. The quantitative estimate of drug-likeness (QED) is 0.349. The van der Waals surface area contributed by atoms with Crippen LogP contribution in [0.5, 0.6) is 0 Å². The standard InChI is InChI=1S/C26H20Cl4N2/c27-18-10-9-16(23(29)14-18)13-17-5-4-8-22-25(17)31-32(20-6-2-1-3-7-20)26(22)21-12-11-19(28)15-24(21)30/h1-3,6-7,9-15,22,26H,4-5,8H2/b17-13+/t22-,26+/m1/s1. The van der Waals surface area contributed by atoms with Crippen molar-refractivity contribution in [2.45, 2.75) is 25.3 Å². The van der Waals surface area contributed by atoms with Crippen molar-refractivity contribution in [2.24, 2.45) is 11.0 Å². The molecule has 1 fully saturated rings. The zero-order valence-electron chi connectivity index (χ0n) is 17.1. The van der Waals surface area contributed by atoms with E-state index in [4.69, 9.17) is 51.5 Å². The average Bonchev–Trinajstić information content (AvgIpc) is 3.17. The summed E-state index contributed by atoms with van der Waals surface area (Å²) in [6.07, 6.45) is 5.22. The Morgan fingerprint density at radius 2 is 1.56 bits per heavy atom. The number of benzene rings is 3. The highest BCUT2D eigenvalue weighted by molar-refractivity contribution is 6.36. The van der Waals surface area contributed by atoms with Gasteiger partial charge in [0.1, 0.15) is 0 Å². The summed E-state index contributed by atoms with van der Waals surface area (Å²) in [5.41, 5.74) is 5.33. The summed E-state index contributed by atoms with van der Waals surface area (Å²) in [5.74, 6) is 0.222. The number of hydrogen-bond acceptors (Lipinski definition) is 2. The third-order valence-corrected chi connectivity index (χ3v) is 7.22. The third kappa shape index (κ3) is 4.18. The molecule has 162 valence electrons. The first-order valence-electron chi connectivity index (χ1n) is 10.5. The van der Waals surface area contributed by atoms with Gasteiger partial charge in [-0.05, 0) is 78.4 Å². The first kappa shape index (κ1) is 21.9. The van der Waals surface area contributed by atoms with Crippen LogP contribution in [-0.4, -0.2) is 5.71 Å². The molecule has 1 aliphatic carbocycles. The molecule has 0 bridgehead atoms. The number of fused-ring (bicyclic) bond motifs is 1. The number of anilines is 1. The Morgan fingerprint density at radius 1 is 0.844 bits per heavy atom. The topological polar surface area (TPSA) is 15.6 Å². The second-order valence-electron chi connectivity index (χ2n) is 8.11. The molecule has 1 saturated carbocycles. The molecule has 0 N–H and O–H groups in total. The normalized spacial score (nSPS) is 21.6. The van der Waals surface area contributed by atoms with Crippen LogP contribution < -0.4 is 5.01 Å². The third-order valence-electron chi connectivity index (χ3n) is 6.10. The van der Waals surface area contributed by atoms with Gasteiger partial charge in [-0.25, -0.2) is 0 Å². The Labute approximate surface area is 208 Å². The molecule has 1 aliphatic heterocycles. The van der Waals surface area contributed by atoms with E-state index in [-0.39, 0.29) is 12.0 Å². The lowest BCUT2D eigenvalue weighted by atomic mass is 9.77. The summed E-state index contributed by atoms with van der Waals surface area (Å²) >= 11 is 25.4. The van der Waals surface area contributed by atoms with Crippen molar-refractivity contribution >= 4 is 63.9 Å². The van der Waals surface area contributed by atoms with Crippen LogP contribution in [0.15, 0.2) is 77.4 Å². The zero-order chi connectivity index (χ0) is 22.2. The number of hydrazone groups is 1. The van der Waals surface area contributed by atoms with Crippen LogP contribution in [0, 0.1) is 5.92 Å². The Hall–Kier alpha value is -1.97. The van der Waals surface area contributed by atoms with Crippen molar-refractivity contribution < 1.29 is 0 Å². The minimum Gasteiger partial charge on any atom is -0.257 e. The second-order valence-corrected chi connectivity index (χ2v) is 9.80. The fourth-order valence-electron chi connectivity index (χ4n) is 4.65. The van der Waals surface area contributed by atoms with Gasteiger partial charge in [0.25, 0.3) is 0 Å². The van der Waals surface area contributed by atoms with Crippen LogP contribution in [0.1, 0.15) is 36.4 Å². The van der Waals surface area contributed by atoms with Crippen molar-refractivity contribution in [3.05, 3.63) is 104 Å². The number of allylic oxidation sites excluding steroid dienone is 1. The summed E-state index contributed by atoms with van der Waals surface area (Å²) in [4.78, 5) is 0. The molecular formula is C26H20Cl4N2. The van der Waals surface area contributed by atoms with E-state index < -0.39 is 0 Å². The van der Waals surface area contributed by atoms with Gasteiger partial charge in [-0.3, -0.25) is 5.01 Å². The van der Waals surface area contributed by atoms with Gasteiger partial charge in [0.05, 0.1) is 17.4 Å². The highest BCUT2D eigenvalue weighted by atomic mass is 35.5. The van der Waals surface area contributed by atoms with Crippen LogP contribution >= 0.6 is 46.4 Å². The van der Waals surface area contributed by atoms with Crippen LogP contribution in [0.25, 0.3) is 6.08 Å². The molecule has 6 heteroatoms. The van der Waals surface area contributed by atoms with E-state index in [0.717, 1.165) is 41.8 Å². The molecule has 0 amide bonds. The molecule has 2 aliphatic rings.